The molecule has 0 N–H and O–H groups in total. The Kier molecular flexibility index (Phi) is 8.47. The zero-order chi connectivity index (χ0) is 24.3. The van der Waals surface area contributed by atoms with Crippen molar-refractivity contribution in [2.24, 2.45) is 11.3 Å². The highest BCUT2D eigenvalue weighted by Gasteiger charge is 2.75. The van der Waals surface area contributed by atoms with E-state index in [0.717, 1.165) is 5.57 Å². The van der Waals surface area contributed by atoms with Gasteiger partial charge in [0.25, 0.3) is 0 Å². The van der Waals surface area contributed by atoms with Crippen molar-refractivity contribution in [1.82, 2.24) is 0 Å². The van der Waals surface area contributed by atoms with E-state index in [4.69, 9.17) is 9.16 Å². The first-order valence-electron chi connectivity index (χ1n) is 10.4. The Morgan fingerprint density at radius 2 is 1.55 bits per heavy atom. The van der Waals surface area contributed by atoms with E-state index in [1.807, 2.05) is 6.92 Å². The molecule has 8 heteroatoms. The van der Waals surface area contributed by atoms with Crippen LogP contribution in [0.4, 0.5) is 0 Å². The Bertz CT molecular complexity index is 734. The molecule has 31 heavy (non-hydrogen) atoms. The Labute approximate surface area is 187 Å². The highest BCUT2D eigenvalue weighted by molar-refractivity contribution is 6.74. The number of hydrogen-bond acceptors (Lipinski definition) is 7. The Balaban J connectivity index is 3.15. The summed E-state index contributed by atoms with van der Waals surface area (Å²) >= 11 is 0. The van der Waals surface area contributed by atoms with Crippen molar-refractivity contribution in [3.8, 4) is 0 Å². The van der Waals surface area contributed by atoms with Gasteiger partial charge in [-0.1, -0.05) is 39.5 Å². The molecule has 176 valence electrons. The van der Waals surface area contributed by atoms with Crippen molar-refractivity contribution >= 4 is 26.2 Å². The van der Waals surface area contributed by atoms with E-state index in [1.165, 1.54) is 21.3 Å². The lowest BCUT2D eigenvalue weighted by molar-refractivity contribution is -0.158. The summed E-state index contributed by atoms with van der Waals surface area (Å²) in [5, 5.41) is -0.0377. The first kappa shape index (κ1) is 27.1. The van der Waals surface area contributed by atoms with Gasteiger partial charge in [0.15, 0.2) is 14.2 Å². The summed E-state index contributed by atoms with van der Waals surface area (Å²) in [6.45, 7) is 16.7. The lowest BCUT2D eigenvalue weighted by Gasteiger charge is -2.41. The first-order chi connectivity index (χ1) is 14.2. The van der Waals surface area contributed by atoms with E-state index in [1.54, 1.807) is 12.2 Å². The van der Waals surface area contributed by atoms with Crippen molar-refractivity contribution in [3.05, 3.63) is 24.3 Å². The Hall–Kier alpha value is -1.93. The molecule has 2 atom stereocenters. The number of rotatable bonds is 10. The molecule has 1 aliphatic carbocycles. The second-order valence-electron chi connectivity index (χ2n) is 9.73. The maximum absolute atomic E-state index is 12.9. The maximum Gasteiger partial charge on any atom is 0.320 e. The van der Waals surface area contributed by atoms with Gasteiger partial charge in [-0.05, 0) is 49.9 Å². The van der Waals surface area contributed by atoms with Crippen LogP contribution in [-0.2, 0) is 33.0 Å². The van der Waals surface area contributed by atoms with Crippen LogP contribution in [0.15, 0.2) is 24.3 Å². The van der Waals surface area contributed by atoms with Gasteiger partial charge in [0.1, 0.15) is 5.41 Å². The van der Waals surface area contributed by atoms with E-state index in [9.17, 15) is 14.4 Å². The molecule has 0 radical (unpaired) electrons. The third-order valence-corrected chi connectivity index (χ3v) is 11.1. The number of hydrogen-bond donors (Lipinski definition) is 0. The van der Waals surface area contributed by atoms with Crippen LogP contribution in [0.2, 0.25) is 18.1 Å². The lowest BCUT2D eigenvalue weighted by Crippen LogP contribution is -2.48. The molecule has 0 aromatic rings. The predicted octanol–water partition coefficient (Wildman–Crippen LogP) is 4.18. The molecule has 0 heterocycles. The summed E-state index contributed by atoms with van der Waals surface area (Å²) in [6, 6.07) is 0. The molecule has 1 saturated carbocycles. The summed E-state index contributed by atoms with van der Waals surface area (Å²) in [4.78, 5) is 36.6. The van der Waals surface area contributed by atoms with Gasteiger partial charge in [-0.3, -0.25) is 14.4 Å². The number of carbonyl (C=O) groups excluding carboxylic acids is 3. The third kappa shape index (κ3) is 5.29. The van der Waals surface area contributed by atoms with Crippen molar-refractivity contribution in [3.63, 3.8) is 0 Å². The molecule has 0 bridgehead atoms. The maximum atomic E-state index is 12.9. The molecular formula is C23H38O7Si. The fourth-order valence-electron chi connectivity index (χ4n) is 3.59. The first-order valence-corrected chi connectivity index (χ1v) is 13.3. The van der Waals surface area contributed by atoms with Crippen LogP contribution in [0.5, 0.6) is 0 Å². The predicted molar refractivity (Wildman–Crippen MR) is 121 cm³/mol. The summed E-state index contributed by atoms with van der Waals surface area (Å²) in [5.41, 5.74) is -0.887. The van der Waals surface area contributed by atoms with Crippen molar-refractivity contribution in [2.45, 2.75) is 70.7 Å². The Morgan fingerprint density at radius 3 is 1.94 bits per heavy atom. The van der Waals surface area contributed by atoms with Gasteiger partial charge in [-0.2, -0.15) is 0 Å². The van der Waals surface area contributed by atoms with Gasteiger partial charge in [-0.15, -0.1) is 0 Å². The molecule has 7 nitrogen and oxygen atoms in total. The van der Waals surface area contributed by atoms with Crippen LogP contribution in [0.3, 0.4) is 0 Å². The quantitative estimate of drug-likeness (QED) is 0.161. The normalized spacial score (nSPS) is 23.5. The highest BCUT2D eigenvalue weighted by Crippen LogP contribution is 2.67. The number of carbonyl (C=O) groups is 3. The largest absolute Gasteiger partial charge is 0.468 e. The summed E-state index contributed by atoms with van der Waals surface area (Å²) in [6.07, 6.45) is 4.42. The van der Waals surface area contributed by atoms with Gasteiger partial charge in [-0.25, -0.2) is 0 Å². The van der Waals surface area contributed by atoms with Crippen molar-refractivity contribution in [2.75, 3.05) is 21.3 Å². The fraction of sp³-hybridized carbons (Fsp3) is 0.696. The second-order valence-corrected chi connectivity index (χ2v) is 14.5. The van der Waals surface area contributed by atoms with Gasteiger partial charge in [0.05, 0.1) is 26.9 Å². The topological polar surface area (TPSA) is 88.1 Å². The summed E-state index contributed by atoms with van der Waals surface area (Å²) in [7, 11) is 1.60. The summed E-state index contributed by atoms with van der Waals surface area (Å²) in [5.74, 6) is -2.73. The van der Waals surface area contributed by atoms with Gasteiger partial charge in [0, 0.05) is 0 Å². The van der Waals surface area contributed by atoms with Crippen molar-refractivity contribution in [1.29, 1.82) is 0 Å². The monoisotopic (exact) mass is 454 g/mol. The molecular weight excluding hydrogens is 416 g/mol. The smallest absolute Gasteiger partial charge is 0.320 e. The van der Waals surface area contributed by atoms with E-state index in [0.29, 0.717) is 12.8 Å². The van der Waals surface area contributed by atoms with Gasteiger partial charge < -0.3 is 18.6 Å². The molecule has 1 aliphatic rings. The molecule has 0 aromatic heterocycles. The molecule has 1 rings (SSSR count). The number of esters is 3. The van der Waals surface area contributed by atoms with Crippen LogP contribution in [0.1, 0.15) is 47.0 Å². The van der Waals surface area contributed by atoms with E-state index in [-0.39, 0.29) is 17.4 Å². The van der Waals surface area contributed by atoms with E-state index >= 15 is 0 Å². The van der Waals surface area contributed by atoms with Crippen LogP contribution >= 0.6 is 0 Å². The highest BCUT2D eigenvalue weighted by atomic mass is 28.4. The minimum Gasteiger partial charge on any atom is -0.468 e. The van der Waals surface area contributed by atoms with Crippen LogP contribution in [0, 0.1) is 11.3 Å². The number of methoxy groups -OCH3 is 3. The molecule has 0 amide bonds. The van der Waals surface area contributed by atoms with E-state index < -0.39 is 37.2 Å². The Morgan fingerprint density at radius 1 is 1.03 bits per heavy atom. The van der Waals surface area contributed by atoms with Gasteiger partial charge in [0.2, 0.25) is 0 Å². The molecule has 0 saturated heterocycles. The zero-order valence-electron chi connectivity index (χ0n) is 20.4. The number of allylic oxidation sites excluding steroid dienone is 2. The molecule has 1 fully saturated rings. The van der Waals surface area contributed by atoms with Crippen LogP contribution in [0.25, 0.3) is 0 Å². The molecule has 0 aliphatic heterocycles. The number of ether oxygens (including phenoxy) is 3. The average molecular weight is 455 g/mol. The van der Waals surface area contributed by atoms with Crippen LogP contribution in [-0.4, -0.2) is 53.2 Å². The lowest BCUT2D eigenvalue weighted by atomic mass is 9.93. The van der Waals surface area contributed by atoms with Gasteiger partial charge >= 0.3 is 17.9 Å². The standard InChI is InChI=1S/C23H38O7Si/c1-16(2)23(30-31(9,10)21(3,4)5)15-22(23,20(26)29-8)14-12-11-13-17(18(24)27-6)19(25)28-7/h11-12,17H,1,13-15H2,2-10H3/b12-11+/t22-,23-/m1/s1. The minimum absolute atomic E-state index is 0.0377. The fourth-order valence-corrected chi connectivity index (χ4v) is 5.21. The SMILES string of the molecule is C=C(C)[C@]1(O[Si](C)(C)C(C)(C)C)C[C@]1(C/C=C/CC(C(=O)OC)C(=O)OC)C(=O)OC. The van der Waals surface area contributed by atoms with E-state index in [2.05, 4.69) is 49.9 Å². The summed E-state index contributed by atoms with van der Waals surface area (Å²) < 4.78 is 21.2. The zero-order valence-corrected chi connectivity index (χ0v) is 21.4. The average Bonchev–Trinajstić information content (AvgIpc) is 3.34. The minimum atomic E-state index is -2.21. The molecule has 0 aromatic carbocycles. The van der Waals surface area contributed by atoms with Crippen LogP contribution < -0.4 is 0 Å². The molecule has 0 spiro atoms. The second kappa shape index (κ2) is 9.69. The third-order valence-electron chi connectivity index (χ3n) is 6.68. The van der Waals surface area contributed by atoms with Crippen molar-refractivity contribution < 1.29 is 33.0 Å². The molecule has 0 unspecified atom stereocenters.